The first kappa shape index (κ1) is 5.54. The number of rotatable bonds is 1. The summed E-state index contributed by atoms with van der Waals surface area (Å²) in [5.41, 5.74) is 0. The predicted molar refractivity (Wildman–Crippen MR) is 38.4 cm³/mol. The van der Waals surface area contributed by atoms with Gasteiger partial charge in [0.1, 0.15) is 4.21 Å². The standard InChI is InChI=1S/C4H5S3/c1-5-4-2-3-6-7-4/h2-3H,1H3/q+1. The lowest BCUT2D eigenvalue weighted by atomic mass is 10.8. The van der Waals surface area contributed by atoms with Crippen molar-refractivity contribution in [3.05, 3.63) is 11.4 Å². The molecule has 0 aliphatic rings. The van der Waals surface area contributed by atoms with Crippen molar-refractivity contribution in [2.45, 2.75) is 4.21 Å². The Hall–Kier alpha value is 0.400. The summed E-state index contributed by atoms with van der Waals surface area (Å²) in [6, 6.07) is 2.14. The smallest absolute Gasteiger partial charge is 0.114 e. The zero-order chi connectivity index (χ0) is 5.11. The number of thioether (sulfide) groups is 1. The number of hydrogen-bond acceptors (Lipinski definition) is 2. The summed E-state index contributed by atoms with van der Waals surface area (Å²) in [6.45, 7) is 0. The zero-order valence-corrected chi connectivity index (χ0v) is 6.33. The highest BCUT2D eigenvalue weighted by atomic mass is 32.9. The molecule has 0 saturated carbocycles. The zero-order valence-electron chi connectivity index (χ0n) is 3.88. The maximum atomic E-state index is 2.14. The van der Waals surface area contributed by atoms with Crippen LogP contribution in [0.15, 0.2) is 15.7 Å². The topological polar surface area (TPSA) is 0 Å². The van der Waals surface area contributed by atoms with Crippen LogP contribution in [0, 0.1) is 0 Å². The van der Waals surface area contributed by atoms with Gasteiger partial charge in [-0.25, -0.2) is 0 Å². The molecule has 7 heavy (non-hydrogen) atoms. The van der Waals surface area contributed by atoms with E-state index in [-0.39, 0.29) is 0 Å². The van der Waals surface area contributed by atoms with E-state index in [9.17, 15) is 0 Å². The van der Waals surface area contributed by atoms with Crippen LogP contribution >= 0.6 is 32.4 Å². The van der Waals surface area contributed by atoms with E-state index in [0.717, 1.165) is 0 Å². The van der Waals surface area contributed by atoms with Crippen molar-refractivity contribution < 1.29 is 0 Å². The molecule has 0 aliphatic carbocycles. The van der Waals surface area contributed by atoms with Gasteiger partial charge in [0.15, 0.2) is 10.3 Å². The van der Waals surface area contributed by atoms with Gasteiger partial charge in [0.05, 0.1) is 0 Å². The highest BCUT2D eigenvalue weighted by molar-refractivity contribution is 8.02. The van der Waals surface area contributed by atoms with Gasteiger partial charge in [-0.1, -0.05) is 0 Å². The van der Waals surface area contributed by atoms with E-state index >= 15 is 0 Å². The number of hydrogen-bond donors (Lipinski definition) is 0. The highest BCUT2D eigenvalue weighted by Crippen LogP contribution is 2.23. The molecular weight excluding hydrogens is 144 g/mol. The molecule has 0 N–H and O–H groups in total. The lowest BCUT2D eigenvalue weighted by Gasteiger charge is -1.71. The fraction of sp³-hybridized carbons (Fsp3) is 0.250. The van der Waals surface area contributed by atoms with E-state index < -0.39 is 0 Å². The fourth-order valence-corrected chi connectivity index (χ4v) is 3.15. The van der Waals surface area contributed by atoms with E-state index in [1.54, 1.807) is 22.1 Å². The Morgan fingerprint density at radius 1 is 1.86 bits per heavy atom. The van der Waals surface area contributed by atoms with Crippen molar-refractivity contribution in [2.24, 2.45) is 0 Å². The van der Waals surface area contributed by atoms with Crippen LogP contribution in [0.25, 0.3) is 0 Å². The van der Waals surface area contributed by atoms with Gasteiger partial charge in [-0.15, -0.1) is 11.8 Å². The first-order valence-corrected chi connectivity index (χ1v) is 5.28. The van der Waals surface area contributed by atoms with Crippen molar-refractivity contribution in [1.29, 1.82) is 0 Å². The Morgan fingerprint density at radius 2 is 2.71 bits per heavy atom. The third-order valence-corrected chi connectivity index (χ3v) is 4.00. The van der Waals surface area contributed by atoms with Gasteiger partial charge >= 0.3 is 0 Å². The van der Waals surface area contributed by atoms with Crippen LogP contribution in [0.5, 0.6) is 0 Å². The minimum absolute atomic E-state index is 1.41. The van der Waals surface area contributed by atoms with E-state index in [4.69, 9.17) is 0 Å². The summed E-state index contributed by atoms with van der Waals surface area (Å²) >= 11 is 1.80. The Morgan fingerprint density at radius 3 is 3.00 bits per heavy atom. The molecule has 1 aromatic heterocycles. The van der Waals surface area contributed by atoms with Crippen molar-refractivity contribution in [3.63, 3.8) is 0 Å². The average molecular weight is 149 g/mol. The molecule has 0 amide bonds. The second-order valence-corrected chi connectivity index (χ2v) is 4.26. The van der Waals surface area contributed by atoms with Gasteiger partial charge in [-0.2, -0.15) is 0 Å². The summed E-state index contributed by atoms with van der Waals surface area (Å²) in [7, 11) is 3.61. The molecule has 0 unspecified atom stereocenters. The molecule has 0 saturated heterocycles. The quantitative estimate of drug-likeness (QED) is 0.336. The molecule has 0 aromatic carbocycles. The molecule has 0 radical (unpaired) electrons. The Balaban J connectivity index is 2.76. The maximum absolute atomic E-state index is 2.14. The van der Waals surface area contributed by atoms with Gasteiger partial charge in [-0.05, 0) is 6.26 Å². The SMILES string of the molecule is CSc1cc[s+]s1. The van der Waals surface area contributed by atoms with E-state index in [1.165, 1.54) is 4.21 Å². The molecule has 3 heteroatoms. The lowest BCUT2D eigenvalue weighted by molar-refractivity contribution is 1.76. The van der Waals surface area contributed by atoms with Gasteiger partial charge in [-0.3, -0.25) is 0 Å². The summed E-state index contributed by atoms with van der Waals surface area (Å²) in [6.07, 6.45) is 2.10. The minimum atomic E-state index is 1.41. The second-order valence-electron chi connectivity index (χ2n) is 1.01. The Labute approximate surface area is 54.6 Å². The van der Waals surface area contributed by atoms with Crippen LogP contribution in [0.1, 0.15) is 0 Å². The second kappa shape index (κ2) is 2.64. The molecule has 0 aliphatic heterocycles. The highest BCUT2D eigenvalue weighted by Gasteiger charge is 1.96. The van der Waals surface area contributed by atoms with Crippen molar-refractivity contribution in [1.82, 2.24) is 0 Å². The minimum Gasteiger partial charge on any atom is -0.114 e. The first-order valence-electron chi connectivity index (χ1n) is 1.84. The van der Waals surface area contributed by atoms with Gasteiger partial charge in [0, 0.05) is 6.07 Å². The predicted octanol–water partition coefficient (Wildman–Crippen LogP) is 2.81. The summed E-state index contributed by atoms with van der Waals surface area (Å²) in [4.78, 5) is 0. The van der Waals surface area contributed by atoms with Crippen LogP contribution in [0.4, 0.5) is 0 Å². The third kappa shape index (κ3) is 1.40. The molecule has 0 fully saturated rings. The largest absolute Gasteiger partial charge is 0.292 e. The van der Waals surface area contributed by atoms with E-state index in [2.05, 4.69) is 17.7 Å². The fourth-order valence-electron chi connectivity index (χ4n) is 0.288. The van der Waals surface area contributed by atoms with Crippen LogP contribution in [0.3, 0.4) is 0 Å². The normalized spacial score (nSPS) is 9.29. The molecule has 0 atom stereocenters. The molecule has 38 valence electrons. The molecule has 1 aromatic rings. The summed E-state index contributed by atoms with van der Waals surface area (Å²) in [5, 5.41) is 2.11. The summed E-state index contributed by atoms with van der Waals surface area (Å²) < 4.78 is 1.41. The van der Waals surface area contributed by atoms with Gasteiger partial charge < -0.3 is 0 Å². The first-order chi connectivity index (χ1) is 3.43. The molecule has 1 rings (SSSR count). The van der Waals surface area contributed by atoms with Crippen molar-refractivity contribution in [2.75, 3.05) is 6.26 Å². The van der Waals surface area contributed by atoms with Crippen molar-refractivity contribution >= 4 is 32.4 Å². The maximum Gasteiger partial charge on any atom is 0.292 e. The molecule has 0 nitrogen and oxygen atoms in total. The summed E-state index contributed by atoms with van der Waals surface area (Å²) in [5.74, 6) is 0. The van der Waals surface area contributed by atoms with Gasteiger partial charge in [0.25, 0.3) is 10.3 Å². The van der Waals surface area contributed by atoms with E-state index in [0.29, 0.717) is 0 Å². The van der Waals surface area contributed by atoms with Gasteiger partial charge in [0.2, 0.25) is 5.38 Å². The van der Waals surface area contributed by atoms with Crippen LogP contribution in [-0.4, -0.2) is 6.26 Å². The van der Waals surface area contributed by atoms with E-state index in [1.807, 2.05) is 10.3 Å². The van der Waals surface area contributed by atoms with Crippen LogP contribution in [-0.2, 0) is 0 Å². The van der Waals surface area contributed by atoms with Crippen molar-refractivity contribution in [3.8, 4) is 0 Å². The lowest BCUT2D eigenvalue weighted by Crippen LogP contribution is -1.45. The molecular formula is C4H5S3+. The van der Waals surface area contributed by atoms with Crippen LogP contribution in [0.2, 0.25) is 0 Å². The monoisotopic (exact) mass is 149 g/mol. The third-order valence-electron chi connectivity index (χ3n) is 0.591. The Bertz CT molecular complexity index is 121. The van der Waals surface area contributed by atoms with Crippen LogP contribution < -0.4 is 0 Å². The molecule has 0 spiro atoms. The molecule has 1 heterocycles. The average Bonchev–Trinajstić information content (AvgIpc) is 2.14. The molecule has 0 bridgehead atoms. The Kier molecular flexibility index (Phi) is 2.09.